The molecular formula is C15H18N2O2. The second-order valence-electron chi connectivity index (χ2n) is 4.14. The van der Waals surface area contributed by atoms with Gasteiger partial charge in [0.25, 0.3) is 0 Å². The maximum atomic E-state index is 6.27. The highest BCUT2D eigenvalue weighted by Crippen LogP contribution is 2.27. The van der Waals surface area contributed by atoms with Gasteiger partial charge in [0.1, 0.15) is 12.4 Å². The highest BCUT2D eigenvalue weighted by Gasteiger charge is 2.13. The molecule has 0 aliphatic rings. The van der Waals surface area contributed by atoms with Crippen molar-refractivity contribution in [1.82, 2.24) is 4.98 Å². The molecule has 0 aliphatic carbocycles. The Labute approximate surface area is 113 Å². The normalized spacial score (nSPS) is 12.1. The average molecular weight is 258 g/mol. The van der Waals surface area contributed by atoms with Crippen molar-refractivity contribution in [2.24, 2.45) is 5.73 Å². The molecule has 0 saturated heterocycles. The summed E-state index contributed by atoms with van der Waals surface area (Å²) < 4.78 is 10.7. The molecule has 0 saturated carbocycles. The van der Waals surface area contributed by atoms with Crippen LogP contribution >= 0.6 is 0 Å². The quantitative estimate of drug-likeness (QED) is 0.807. The Morgan fingerprint density at radius 2 is 2.00 bits per heavy atom. The summed E-state index contributed by atoms with van der Waals surface area (Å²) in [6.45, 7) is 1.06. The summed E-state index contributed by atoms with van der Waals surface area (Å²) in [4.78, 5) is 4.10. The van der Waals surface area contributed by atoms with E-state index in [-0.39, 0.29) is 6.04 Å². The molecule has 0 radical (unpaired) electrons. The van der Waals surface area contributed by atoms with Gasteiger partial charge in [0, 0.05) is 25.1 Å². The zero-order valence-corrected chi connectivity index (χ0v) is 11.0. The van der Waals surface area contributed by atoms with E-state index in [1.807, 2.05) is 36.4 Å². The van der Waals surface area contributed by atoms with Crippen LogP contribution in [0.5, 0.6) is 5.75 Å². The van der Waals surface area contributed by atoms with Gasteiger partial charge in [-0.05, 0) is 17.7 Å². The second-order valence-corrected chi connectivity index (χ2v) is 4.14. The Morgan fingerprint density at radius 1 is 1.16 bits per heavy atom. The van der Waals surface area contributed by atoms with E-state index in [1.165, 1.54) is 0 Å². The van der Waals surface area contributed by atoms with Crippen LogP contribution in [0, 0.1) is 0 Å². The van der Waals surface area contributed by atoms with Gasteiger partial charge < -0.3 is 15.2 Å². The van der Waals surface area contributed by atoms with E-state index in [0.717, 1.165) is 16.9 Å². The van der Waals surface area contributed by atoms with Crippen LogP contribution in [0.2, 0.25) is 0 Å². The van der Waals surface area contributed by atoms with E-state index in [4.69, 9.17) is 15.2 Å². The second kappa shape index (κ2) is 6.87. The molecule has 100 valence electrons. The number of rotatable bonds is 6. The maximum Gasteiger partial charge on any atom is 0.124 e. The number of para-hydroxylation sites is 1. The molecule has 1 unspecified atom stereocenters. The SMILES string of the molecule is COCCOc1ccccc1C(N)c1cccnc1. The van der Waals surface area contributed by atoms with Gasteiger partial charge >= 0.3 is 0 Å². The monoisotopic (exact) mass is 258 g/mol. The smallest absolute Gasteiger partial charge is 0.124 e. The molecule has 1 heterocycles. The van der Waals surface area contributed by atoms with Crippen LogP contribution in [0.1, 0.15) is 17.2 Å². The molecular weight excluding hydrogens is 240 g/mol. The summed E-state index contributed by atoms with van der Waals surface area (Å²) in [5.41, 5.74) is 8.18. The van der Waals surface area contributed by atoms with E-state index >= 15 is 0 Å². The summed E-state index contributed by atoms with van der Waals surface area (Å²) >= 11 is 0. The van der Waals surface area contributed by atoms with E-state index in [0.29, 0.717) is 13.2 Å². The fourth-order valence-electron chi connectivity index (χ4n) is 1.84. The number of ether oxygens (including phenoxy) is 2. The first-order chi connectivity index (χ1) is 9.33. The predicted octanol–water partition coefficient (Wildman–Crippen LogP) is 2.15. The van der Waals surface area contributed by atoms with E-state index in [9.17, 15) is 0 Å². The summed E-state index contributed by atoms with van der Waals surface area (Å²) in [7, 11) is 1.65. The Bertz CT molecular complexity index is 503. The van der Waals surface area contributed by atoms with Crippen LogP contribution in [0.4, 0.5) is 0 Å². The van der Waals surface area contributed by atoms with Crippen molar-refractivity contribution in [3.63, 3.8) is 0 Å². The summed E-state index contributed by atoms with van der Waals surface area (Å²) in [6.07, 6.45) is 3.51. The van der Waals surface area contributed by atoms with Crippen LogP contribution in [0.25, 0.3) is 0 Å². The van der Waals surface area contributed by atoms with E-state index < -0.39 is 0 Å². The molecule has 4 heteroatoms. The molecule has 19 heavy (non-hydrogen) atoms. The molecule has 0 spiro atoms. The number of hydrogen-bond acceptors (Lipinski definition) is 4. The van der Waals surface area contributed by atoms with Gasteiger partial charge in [0.2, 0.25) is 0 Å². The van der Waals surface area contributed by atoms with Crippen LogP contribution < -0.4 is 10.5 Å². The number of benzene rings is 1. The summed E-state index contributed by atoms with van der Waals surface area (Å²) in [6, 6.07) is 11.4. The number of hydrogen-bond donors (Lipinski definition) is 1. The minimum Gasteiger partial charge on any atom is -0.491 e. The molecule has 1 aromatic heterocycles. The van der Waals surface area contributed by atoms with Gasteiger partial charge in [-0.3, -0.25) is 4.98 Å². The molecule has 0 fully saturated rings. The predicted molar refractivity (Wildman–Crippen MR) is 74.1 cm³/mol. The Kier molecular flexibility index (Phi) is 4.89. The molecule has 0 bridgehead atoms. The lowest BCUT2D eigenvalue weighted by Crippen LogP contribution is -2.14. The fraction of sp³-hybridized carbons (Fsp3) is 0.267. The number of pyridine rings is 1. The van der Waals surface area contributed by atoms with Crippen LogP contribution in [-0.2, 0) is 4.74 Å². The third-order valence-electron chi connectivity index (χ3n) is 2.84. The first-order valence-electron chi connectivity index (χ1n) is 6.19. The minimum absolute atomic E-state index is 0.243. The first-order valence-corrected chi connectivity index (χ1v) is 6.19. The van der Waals surface area contributed by atoms with Gasteiger partial charge in [-0.2, -0.15) is 0 Å². The Morgan fingerprint density at radius 3 is 2.74 bits per heavy atom. The van der Waals surface area contributed by atoms with Gasteiger partial charge in [0.05, 0.1) is 12.6 Å². The topological polar surface area (TPSA) is 57.4 Å². The lowest BCUT2D eigenvalue weighted by atomic mass is 10.0. The van der Waals surface area contributed by atoms with Crippen LogP contribution in [0.3, 0.4) is 0 Å². The van der Waals surface area contributed by atoms with Gasteiger partial charge in [0.15, 0.2) is 0 Å². The molecule has 1 aromatic carbocycles. The van der Waals surface area contributed by atoms with Crippen molar-refractivity contribution < 1.29 is 9.47 Å². The zero-order chi connectivity index (χ0) is 13.5. The Balaban J connectivity index is 2.19. The molecule has 2 rings (SSSR count). The van der Waals surface area contributed by atoms with E-state index in [1.54, 1.807) is 19.5 Å². The molecule has 0 aliphatic heterocycles. The third kappa shape index (κ3) is 3.53. The van der Waals surface area contributed by atoms with Gasteiger partial charge in [-0.1, -0.05) is 24.3 Å². The fourth-order valence-corrected chi connectivity index (χ4v) is 1.84. The highest BCUT2D eigenvalue weighted by molar-refractivity contribution is 5.40. The first kappa shape index (κ1) is 13.5. The van der Waals surface area contributed by atoms with Gasteiger partial charge in [-0.25, -0.2) is 0 Å². The largest absolute Gasteiger partial charge is 0.491 e. The maximum absolute atomic E-state index is 6.27. The molecule has 2 N–H and O–H groups in total. The lowest BCUT2D eigenvalue weighted by molar-refractivity contribution is 0.145. The summed E-state index contributed by atoms with van der Waals surface area (Å²) in [5.74, 6) is 0.788. The summed E-state index contributed by atoms with van der Waals surface area (Å²) in [5, 5.41) is 0. The third-order valence-corrected chi connectivity index (χ3v) is 2.84. The minimum atomic E-state index is -0.243. The number of methoxy groups -OCH3 is 1. The average Bonchev–Trinajstić information content (AvgIpc) is 2.48. The van der Waals surface area contributed by atoms with Crippen molar-refractivity contribution in [2.75, 3.05) is 20.3 Å². The van der Waals surface area contributed by atoms with Crippen molar-refractivity contribution >= 4 is 0 Å². The van der Waals surface area contributed by atoms with Crippen LogP contribution in [-0.4, -0.2) is 25.3 Å². The van der Waals surface area contributed by atoms with Crippen molar-refractivity contribution in [3.8, 4) is 5.75 Å². The van der Waals surface area contributed by atoms with Crippen LogP contribution in [0.15, 0.2) is 48.8 Å². The number of nitrogens with zero attached hydrogens (tertiary/aromatic N) is 1. The van der Waals surface area contributed by atoms with E-state index in [2.05, 4.69) is 4.98 Å². The lowest BCUT2D eigenvalue weighted by Gasteiger charge is -2.17. The molecule has 2 aromatic rings. The number of nitrogens with two attached hydrogens (primary N) is 1. The zero-order valence-electron chi connectivity index (χ0n) is 11.0. The molecule has 0 amide bonds. The Hall–Kier alpha value is -1.91. The van der Waals surface area contributed by atoms with Crippen molar-refractivity contribution in [3.05, 3.63) is 59.9 Å². The molecule has 1 atom stereocenters. The number of aromatic nitrogens is 1. The highest BCUT2D eigenvalue weighted by atomic mass is 16.5. The molecule has 4 nitrogen and oxygen atoms in total. The standard InChI is InChI=1S/C15H18N2O2/c1-18-9-10-19-14-7-3-2-6-13(14)15(16)12-5-4-8-17-11-12/h2-8,11,15H,9-10,16H2,1H3. The van der Waals surface area contributed by atoms with Crippen molar-refractivity contribution in [2.45, 2.75) is 6.04 Å². The van der Waals surface area contributed by atoms with Crippen molar-refractivity contribution in [1.29, 1.82) is 0 Å². The van der Waals surface area contributed by atoms with Gasteiger partial charge in [-0.15, -0.1) is 0 Å².